The Hall–Kier alpha value is -4.05. The minimum absolute atomic E-state index is 0.0493. The number of amides is 1. The van der Waals surface area contributed by atoms with Crippen LogP contribution in [0.3, 0.4) is 0 Å². The maximum atomic E-state index is 12.6. The van der Waals surface area contributed by atoms with Crippen molar-refractivity contribution in [2.45, 2.75) is 26.4 Å². The predicted octanol–water partition coefficient (Wildman–Crippen LogP) is 4.30. The Balaban J connectivity index is 1.60. The molecule has 0 aliphatic carbocycles. The molecule has 4 rings (SSSR count). The highest BCUT2D eigenvalue weighted by Gasteiger charge is 2.24. The van der Waals surface area contributed by atoms with E-state index in [2.05, 4.69) is 25.9 Å². The van der Waals surface area contributed by atoms with E-state index in [1.165, 1.54) is 4.68 Å². The van der Waals surface area contributed by atoms with Crippen LogP contribution in [0.4, 0.5) is 17.3 Å². The van der Waals surface area contributed by atoms with Gasteiger partial charge in [0.15, 0.2) is 5.82 Å². The topological polar surface area (TPSA) is 133 Å². The lowest BCUT2D eigenvalue weighted by Crippen LogP contribution is -2.21. The van der Waals surface area contributed by atoms with Crippen LogP contribution in [0.5, 0.6) is 5.75 Å². The van der Waals surface area contributed by atoms with Crippen molar-refractivity contribution in [1.82, 2.24) is 19.9 Å². The van der Waals surface area contributed by atoms with E-state index in [0.717, 1.165) is 5.56 Å². The molecule has 0 saturated heterocycles. The Morgan fingerprint density at radius 2 is 1.88 bits per heavy atom. The van der Waals surface area contributed by atoms with E-state index in [4.69, 9.17) is 26.6 Å². The number of nitrogens with two attached hydrogens (primary N) is 1. The number of benzene rings is 2. The lowest BCUT2D eigenvalue weighted by Gasteiger charge is -2.07. The van der Waals surface area contributed by atoms with E-state index in [9.17, 15) is 4.79 Å². The standard InChI is InChI=1S/C23H24ClN7O3/c1-13(2)26-22-19(23-28-21(30-34-23)14-4-6-15(24)7-5-14)20(25)31(29-22)12-18(32)27-16-8-10-17(33-3)11-9-16/h4-11,13H,12,25H2,1-3H3,(H,26,29)(H,27,32). The first-order valence-corrected chi connectivity index (χ1v) is 10.9. The van der Waals surface area contributed by atoms with Gasteiger partial charge in [-0.15, -0.1) is 0 Å². The summed E-state index contributed by atoms with van der Waals surface area (Å²) in [6.07, 6.45) is 0. The molecule has 11 heteroatoms. The number of methoxy groups -OCH3 is 1. The van der Waals surface area contributed by atoms with E-state index in [1.807, 2.05) is 13.8 Å². The molecule has 34 heavy (non-hydrogen) atoms. The Morgan fingerprint density at radius 3 is 2.53 bits per heavy atom. The van der Waals surface area contributed by atoms with Gasteiger partial charge in [0.2, 0.25) is 11.7 Å². The van der Waals surface area contributed by atoms with Gasteiger partial charge in [0.25, 0.3) is 5.89 Å². The third-order valence-electron chi connectivity index (χ3n) is 4.83. The molecule has 2 aromatic carbocycles. The summed E-state index contributed by atoms with van der Waals surface area (Å²) in [5.41, 5.74) is 8.17. The number of carbonyl (C=O) groups is 1. The third-order valence-corrected chi connectivity index (χ3v) is 5.08. The second-order valence-electron chi connectivity index (χ2n) is 7.77. The first-order chi connectivity index (χ1) is 16.3. The van der Waals surface area contributed by atoms with Crippen molar-refractivity contribution < 1.29 is 14.1 Å². The molecule has 0 aliphatic heterocycles. The Bertz CT molecular complexity index is 1280. The molecule has 0 fully saturated rings. The number of nitrogens with one attached hydrogen (secondary N) is 2. The van der Waals surface area contributed by atoms with Crippen LogP contribution in [0.15, 0.2) is 53.1 Å². The number of hydrogen-bond donors (Lipinski definition) is 3. The molecule has 0 aliphatic rings. The van der Waals surface area contributed by atoms with Gasteiger partial charge >= 0.3 is 0 Å². The summed E-state index contributed by atoms with van der Waals surface area (Å²) in [6, 6.07) is 14.1. The first kappa shape index (κ1) is 23.1. The average molecular weight is 482 g/mol. The van der Waals surface area contributed by atoms with Gasteiger partial charge in [-0.25, -0.2) is 4.68 Å². The van der Waals surface area contributed by atoms with E-state index < -0.39 is 0 Å². The van der Waals surface area contributed by atoms with E-state index in [0.29, 0.717) is 33.7 Å². The van der Waals surface area contributed by atoms with Gasteiger partial charge in [-0.2, -0.15) is 10.1 Å². The molecule has 0 atom stereocenters. The van der Waals surface area contributed by atoms with Gasteiger partial charge in [-0.05, 0) is 62.4 Å². The van der Waals surface area contributed by atoms with Crippen molar-refractivity contribution in [1.29, 1.82) is 0 Å². The lowest BCUT2D eigenvalue weighted by molar-refractivity contribution is -0.116. The molecular formula is C23H24ClN7O3. The first-order valence-electron chi connectivity index (χ1n) is 10.5. The molecule has 1 amide bonds. The maximum absolute atomic E-state index is 12.6. The van der Waals surface area contributed by atoms with E-state index >= 15 is 0 Å². The Labute approximate surface area is 201 Å². The quantitative estimate of drug-likeness (QED) is 0.339. The minimum Gasteiger partial charge on any atom is -0.497 e. The summed E-state index contributed by atoms with van der Waals surface area (Å²) in [7, 11) is 1.58. The number of hydrogen-bond acceptors (Lipinski definition) is 8. The van der Waals surface area contributed by atoms with Crippen molar-refractivity contribution in [2.24, 2.45) is 0 Å². The van der Waals surface area contributed by atoms with Crippen molar-refractivity contribution in [3.63, 3.8) is 0 Å². The molecule has 10 nitrogen and oxygen atoms in total. The van der Waals surface area contributed by atoms with Crippen LogP contribution in [0, 0.1) is 0 Å². The van der Waals surface area contributed by atoms with Crippen molar-refractivity contribution in [3.8, 4) is 28.6 Å². The molecule has 4 aromatic rings. The molecular weight excluding hydrogens is 458 g/mol. The van der Waals surface area contributed by atoms with Crippen LogP contribution in [0.2, 0.25) is 5.02 Å². The number of nitrogen functional groups attached to an aromatic ring is 1. The Morgan fingerprint density at radius 1 is 1.18 bits per heavy atom. The van der Waals surface area contributed by atoms with Crippen LogP contribution in [0.25, 0.3) is 22.8 Å². The number of halogens is 1. The summed E-state index contributed by atoms with van der Waals surface area (Å²) in [5, 5.41) is 15.2. The molecule has 2 heterocycles. The SMILES string of the molecule is COc1ccc(NC(=O)Cn2nc(NC(C)C)c(-c3nc(-c4ccc(Cl)cc4)no3)c2N)cc1. The summed E-state index contributed by atoms with van der Waals surface area (Å²) in [6.45, 7) is 3.81. The fourth-order valence-electron chi connectivity index (χ4n) is 3.23. The zero-order valence-corrected chi connectivity index (χ0v) is 19.6. The molecule has 0 radical (unpaired) electrons. The maximum Gasteiger partial charge on any atom is 0.265 e. The Kier molecular flexibility index (Phi) is 6.69. The monoisotopic (exact) mass is 481 g/mol. The van der Waals surface area contributed by atoms with Crippen LogP contribution in [0.1, 0.15) is 13.8 Å². The highest BCUT2D eigenvalue weighted by molar-refractivity contribution is 6.30. The number of rotatable bonds is 8. The fraction of sp³-hybridized carbons (Fsp3) is 0.217. The largest absolute Gasteiger partial charge is 0.497 e. The molecule has 0 unspecified atom stereocenters. The summed E-state index contributed by atoms with van der Waals surface area (Å²) in [4.78, 5) is 17.1. The van der Waals surface area contributed by atoms with Crippen molar-refractivity contribution >= 4 is 34.8 Å². The predicted molar refractivity (Wildman–Crippen MR) is 131 cm³/mol. The highest BCUT2D eigenvalue weighted by atomic mass is 35.5. The van der Waals surface area contributed by atoms with Crippen LogP contribution in [-0.4, -0.2) is 39.0 Å². The van der Waals surface area contributed by atoms with Crippen LogP contribution >= 0.6 is 11.6 Å². The molecule has 0 saturated carbocycles. The van der Waals surface area contributed by atoms with Gasteiger partial charge in [-0.1, -0.05) is 16.8 Å². The molecule has 176 valence electrons. The number of carbonyl (C=O) groups excluding carboxylic acids is 1. The van der Waals surface area contributed by atoms with E-state index in [1.54, 1.807) is 55.6 Å². The number of aromatic nitrogens is 4. The molecule has 0 spiro atoms. The van der Waals surface area contributed by atoms with Crippen LogP contribution < -0.4 is 21.1 Å². The smallest absolute Gasteiger partial charge is 0.265 e. The van der Waals surface area contributed by atoms with Gasteiger partial charge in [0, 0.05) is 22.3 Å². The van der Waals surface area contributed by atoms with E-state index in [-0.39, 0.29) is 30.2 Å². The van der Waals surface area contributed by atoms with Gasteiger partial charge in [-0.3, -0.25) is 4.79 Å². The fourth-order valence-corrected chi connectivity index (χ4v) is 3.36. The van der Waals surface area contributed by atoms with Crippen molar-refractivity contribution in [2.75, 3.05) is 23.5 Å². The van der Waals surface area contributed by atoms with Gasteiger partial charge in [0.1, 0.15) is 23.7 Å². The van der Waals surface area contributed by atoms with Gasteiger partial charge < -0.3 is 25.6 Å². The molecule has 2 aromatic heterocycles. The van der Waals surface area contributed by atoms with Crippen LogP contribution in [-0.2, 0) is 11.3 Å². The second-order valence-corrected chi connectivity index (χ2v) is 8.21. The van der Waals surface area contributed by atoms with Crippen molar-refractivity contribution in [3.05, 3.63) is 53.6 Å². The second kappa shape index (κ2) is 9.84. The minimum atomic E-state index is -0.297. The normalized spacial score (nSPS) is 11.0. The average Bonchev–Trinajstić information content (AvgIpc) is 3.39. The number of ether oxygens (including phenoxy) is 1. The summed E-state index contributed by atoms with van der Waals surface area (Å²) in [5.74, 6) is 1.63. The summed E-state index contributed by atoms with van der Waals surface area (Å²) >= 11 is 5.96. The van der Waals surface area contributed by atoms with Gasteiger partial charge in [0.05, 0.1) is 7.11 Å². The number of anilines is 3. The lowest BCUT2D eigenvalue weighted by atomic mass is 10.2. The molecule has 4 N–H and O–H groups in total. The summed E-state index contributed by atoms with van der Waals surface area (Å²) < 4.78 is 12.0. The zero-order valence-electron chi connectivity index (χ0n) is 18.9. The zero-order chi connectivity index (χ0) is 24.2. The third kappa shape index (κ3) is 5.12. The number of nitrogens with zero attached hydrogens (tertiary/aromatic N) is 4. The highest BCUT2D eigenvalue weighted by Crippen LogP contribution is 2.34. The molecule has 0 bridgehead atoms.